The molecule has 1 fully saturated rings. The van der Waals surface area contributed by atoms with E-state index in [0.717, 1.165) is 25.9 Å². The third-order valence-corrected chi connectivity index (χ3v) is 2.42. The third-order valence-electron chi connectivity index (χ3n) is 2.42. The zero-order chi connectivity index (χ0) is 11.1. The fourth-order valence-corrected chi connectivity index (χ4v) is 1.52. The summed E-state index contributed by atoms with van der Waals surface area (Å²) in [5.74, 6) is -0.157. The molecule has 15 heavy (non-hydrogen) atoms. The molecule has 0 unspecified atom stereocenters. The highest BCUT2D eigenvalue weighted by atomic mass is 16.5. The molecule has 0 saturated carbocycles. The molecule has 3 N–H and O–H groups in total. The van der Waals surface area contributed by atoms with Crippen LogP contribution in [0.5, 0.6) is 0 Å². The SMILES string of the molecule is C[C@H](CO)NC(=O)COC1CCNCC1. The predicted molar refractivity (Wildman–Crippen MR) is 56.5 cm³/mol. The lowest BCUT2D eigenvalue weighted by Crippen LogP contribution is -2.39. The molecular weight excluding hydrogens is 196 g/mol. The molecule has 1 rings (SSSR count). The molecule has 0 aliphatic carbocycles. The minimum atomic E-state index is -0.200. The van der Waals surface area contributed by atoms with Gasteiger partial charge in [-0.25, -0.2) is 0 Å². The summed E-state index contributed by atoms with van der Waals surface area (Å²) in [6.07, 6.45) is 2.12. The van der Waals surface area contributed by atoms with Gasteiger partial charge in [0, 0.05) is 6.04 Å². The molecule has 0 aromatic rings. The van der Waals surface area contributed by atoms with Crippen molar-refractivity contribution in [3.63, 3.8) is 0 Å². The maximum Gasteiger partial charge on any atom is 0.246 e. The summed E-state index contributed by atoms with van der Waals surface area (Å²) in [5, 5.41) is 14.6. The van der Waals surface area contributed by atoms with Gasteiger partial charge in [0.25, 0.3) is 0 Å². The molecule has 1 aliphatic rings. The molecule has 0 aromatic heterocycles. The molecule has 5 heteroatoms. The molecule has 0 radical (unpaired) electrons. The normalized spacial score (nSPS) is 19.9. The average Bonchev–Trinajstić information content (AvgIpc) is 2.27. The number of carbonyl (C=O) groups is 1. The molecule has 1 atom stereocenters. The van der Waals surface area contributed by atoms with Gasteiger partial charge in [-0.05, 0) is 32.9 Å². The van der Waals surface area contributed by atoms with Crippen LogP contribution >= 0.6 is 0 Å². The van der Waals surface area contributed by atoms with E-state index < -0.39 is 0 Å². The molecule has 0 bridgehead atoms. The molecule has 1 amide bonds. The van der Waals surface area contributed by atoms with Crippen LogP contribution in [0, 0.1) is 0 Å². The second-order valence-electron chi connectivity index (χ2n) is 3.91. The molecule has 5 nitrogen and oxygen atoms in total. The topological polar surface area (TPSA) is 70.6 Å². The first-order valence-corrected chi connectivity index (χ1v) is 5.45. The van der Waals surface area contributed by atoms with E-state index in [2.05, 4.69) is 10.6 Å². The van der Waals surface area contributed by atoms with Crippen molar-refractivity contribution in [2.24, 2.45) is 0 Å². The number of amides is 1. The molecule has 1 saturated heterocycles. The van der Waals surface area contributed by atoms with E-state index in [4.69, 9.17) is 9.84 Å². The first-order valence-electron chi connectivity index (χ1n) is 5.45. The fourth-order valence-electron chi connectivity index (χ4n) is 1.52. The lowest BCUT2D eigenvalue weighted by Gasteiger charge is -2.22. The maximum absolute atomic E-state index is 11.3. The van der Waals surface area contributed by atoms with Crippen molar-refractivity contribution in [2.45, 2.75) is 31.9 Å². The highest BCUT2D eigenvalue weighted by Crippen LogP contribution is 2.06. The Labute approximate surface area is 90.2 Å². The Morgan fingerprint density at radius 1 is 1.60 bits per heavy atom. The first kappa shape index (κ1) is 12.4. The van der Waals surface area contributed by atoms with Crippen LogP contribution in [0.2, 0.25) is 0 Å². The van der Waals surface area contributed by atoms with Gasteiger partial charge in [-0.15, -0.1) is 0 Å². The van der Waals surface area contributed by atoms with Gasteiger partial charge in [0.2, 0.25) is 5.91 Å². The van der Waals surface area contributed by atoms with Gasteiger partial charge in [-0.1, -0.05) is 0 Å². The predicted octanol–water partition coefficient (Wildman–Crippen LogP) is -0.748. The Balaban J connectivity index is 2.10. The van der Waals surface area contributed by atoms with Gasteiger partial charge in [-0.3, -0.25) is 4.79 Å². The van der Waals surface area contributed by atoms with Crippen molar-refractivity contribution in [2.75, 3.05) is 26.3 Å². The zero-order valence-corrected chi connectivity index (χ0v) is 9.16. The number of aliphatic hydroxyl groups is 1. The Bertz CT molecular complexity index is 193. The van der Waals surface area contributed by atoms with E-state index in [1.54, 1.807) is 6.92 Å². The van der Waals surface area contributed by atoms with Crippen molar-refractivity contribution >= 4 is 5.91 Å². The monoisotopic (exact) mass is 216 g/mol. The van der Waals surface area contributed by atoms with Crippen molar-refractivity contribution in [3.05, 3.63) is 0 Å². The number of piperidine rings is 1. The van der Waals surface area contributed by atoms with Crippen molar-refractivity contribution in [1.82, 2.24) is 10.6 Å². The summed E-state index contributed by atoms with van der Waals surface area (Å²) in [6, 6.07) is -0.200. The van der Waals surface area contributed by atoms with Crippen molar-refractivity contribution in [1.29, 1.82) is 0 Å². The van der Waals surface area contributed by atoms with Crippen molar-refractivity contribution < 1.29 is 14.6 Å². The van der Waals surface area contributed by atoms with Crippen LogP contribution in [0.1, 0.15) is 19.8 Å². The number of nitrogens with one attached hydrogen (secondary N) is 2. The van der Waals surface area contributed by atoms with Gasteiger partial charge in [0.1, 0.15) is 6.61 Å². The highest BCUT2D eigenvalue weighted by Gasteiger charge is 2.15. The van der Waals surface area contributed by atoms with Crippen LogP contribution in [0.25, 0.3) is 0 Å². The number of carbonyl (C=O) groups excluding carboxylic acids is 1. The number of ether oxygens (including phenoxy) is 1. The number of hydrogen-bond acceptors (Lipinski definition) is 4. The van der Waals surface area contributed by atoms with Gasteiger partial charge in [0.05, 0.1) is 12.7 Å². The quantitative estimate of drug-likeness (QED) is 0.565. The maximum atomic E-state index is 11.3. The van der Waals surface area contributed by atoms with E-state index in [-0.39, 0.29) is 31.3 Å². The molecule has 1 heterocycles. The molecule has 88 valence electrons. The minimum absolute atomic E-state index is 0.0426. The molecule has 0 aromatic carbocycles. The van der Waals surface area contributed by atoms with Crippen LogP contribution in [-0.2, 0) is 9.53 Å². The average molecular weight is 216 g/mol. The van der Waals surface area contributed by atoms with Crippen LogP contribution in [0.3, 0.4) is 0 Å². The summed E-state index contributed by atoms with van der Waals surface area (Å²) in [6.45, 7) is 3.72. The second kappa shape index (κ2) is 6.76. The van der Waals surface area contributed by atoms with Gasteiger partial charge < -0.3 is 20.5 Å². The van der Waals surface area contributed by atoms with Gasteiger partial charge in [0.15, 0.2) is 0 Å². The zero-order valence-electron chi connectivity index (χ0n) is 9.16. The number of hydrogen-bond donors (Lipinski definition) is 3. The third kappa shape index (κ3) is 5.11. The smallest absolute Gasteiger partial charge is 0.246 e. The number of aliphatic hydroxyl groups excluding tert-OH is 1. The molecule has 1 aliphatic heterocycles. The Kier molecular flexibility index (Phi) is 5.60. The lowest BCUT2D eigenvalue weighted by molar-refractivity contribution is -0.129. The summed E-state index contributed by atoms with van der Waals surface area (Å²) in [4.78, 5) is 11.3. The van der Waals surface area contributed by atoms with E-state index in [1.807, 2.05) is 0 Å². The van der Waals surface area contributed by atoms with E-state index in [1.165, 1.54) is 0 Å². The fraction of sp³-hybridized carbons (Fsp3) is 0.900. The first-order chi connectivity index (χ1) is 7.22. The van der Waals surface area contributed by atoms with Crippen LogP contribution in [0.15, 0.2) is 0 Å². The summed E-state index contributed by atoms with van der Waals surface area (Å²) < 4.78 is 5.46. The van der Waals surface area contributed by atoms with E-state index >= 15 is 0 Å². The largest absolute Gasteiger partial charge is 0.394 e. The summed E-state index contributed by atoms with van der Waals surface area (Å²) in [7, 11) is 0. The Hall–Kier alpha value is -0.650. The molecular formula is C10H20N2O3. The molecule has 0 spiro atoms. The standard InChI is InChI=1S/C10H20N2O3/c1-8(6-13)12-10(14)7-15-9-2-4-11-5-3-9/h8-9,11,13H,2-7H2,1H3,(H,12,14)/t8-/m1/s1. The van der Waals surface area contributed by atoms with Crippen LogP contribution in [-0.4, -0.2) is 49.5 Å². The van der Waals surface area contributed by atoms with Gasteiger partial charge in [-0.2, -0.15) is 0 Å². The van der Waals surface area contributed by atoms with Crippen LogP contribution in [0.4, 0.5) is 0 Å². The lowest BCUT2D eigenvalue weighted by atomic mass is 10.1. The number of rotatable bonds is 5. The summed E-state index contributed by atoms with van der Waals surface area (Å²) in [5.41, 5.74) is 0. The second-order valence-corrected chi connectivity index (χ2v) is 3.91. The minimum Gasteiger partial charge on any atom is -0.394 e. The Morgan fingerprint density at radius 3 is 2.87 bits per heavy atom. The van der Waals surface area contributed by atoms with E-state index in [0.29, 0.717) is 0 Å². The summed E-state index contributed by atoms with van der Waals surface area (Å²) >= 11 is 0. The highest BCUT2D eigenvalue weighted by molar-refractivity contribution is 5.77. The van der Waals surface area contributed by atoms with Crippen molar-refractivity contribution in [3.8, 4) is 0 Å². The van der Waals surface area contributed by atoms with E-state index in [9.17, 15) is 4.79 Å². The van der Waals surface area contributed by atoms with Crippen LogP contribution < -0.4 is 10.6 Å². The van der Waals surface area contributed by atoms with Gasteiger partial charge >= 0.3 is 0 Å². The Morgan fingerprint density at radius 2 is 2.27 bits per heavy atom.